The molecule has 1 fully saturated rings. The lowest BCUT2D eigenvalue weighted by Crippen LogP contribution is -2.47. The second-order valence-electron chi connectivity index (χ2n) is 5.65. The number of ether oxygens (including phenoxy) is 1. The van der Waals surface area contributed by atoms with Gasteiger partial charge in [-0.25, -0.2) is 9.18 Å². The quantitative estimate of drug-likeness (QED) is 0.742. The molecule has 1 aromatic rings. The van der Waals surface area contributed by atoms with Gasteiger partial charge in [0.25, 0.3) is 0 Å². The molecule has 1 aliphatic heterocycles. The van der Waals surface area contributed by atoms with E-state index in [1.807, 2.05) is 0 Å². The van der Waals surface area contributed by atoms with Crippen LogP contribution in [0.25, 0.3) is 0 Å². The Kier molecular flexibility index (Phi) is 5.92. The fourth-order valence-electron chi connectivity index (χ4n) is 2.73. The maximum Gasteiger partial charge on any atom is 0.314 e. The number of carboxylic acids is 1. The third-order valence-electron chi connectivity index (χ3n) is 4.12. The Bertz CT molecular complexity index is 542. The SMILES string of the molecule is O=C(O)CCNC(=O)NCC1(c2ccc(F)cc2)CCOCC1. The highest BCUT2D eigenvalue weighted by Gasteiger charge is 2.34. The van der Waals surface area contributed by atoms with Crippen LogP contribution in [0.2, 0.25) is 0 Å². The van der Waals surface area contributed by atoms with Crippen molar-refractivity contribution in [3.63, 3.8) is 0 Å². The zero-order valence-electron chi connectivity index (χ0n) is 12.8. The summed E-state index contributed by atoms with van der Waals surface area (Å²) >= 11 is 0. The number of carbonyl (C=O) groups is 2. The van der Waals surface area contributed by atoms with Crippen LogP contribution in [-0.4, -0.2) is 43.4 Å². The number of amides is 2. The molecule has 1 heterocycles. The van der Waals surface area contributed by atoms with Gasteiger partial charge in [0.15, 0.2) is 0 Å². The van der Waals surface area contributed by atoms with Crippen LogP contribution in [-0.2, 0) is 14.9 Å². The molecule has 0 atom stereocenters. The molecule has 1 aliphatic rings. The van der Waals surface area contributed by atoms with Crippen molar-refractivity contribution in [2.75, 3.05) is 26.3 Å². The summed E-state index contributed by atoms with van der Waals surface area (Å²) in [6, 6.07) is 5.91. The number of rotatable bonds is 6. The Morgan fingerprint density at radius 3 is 2.43 bits per heavy atom. The highest BCUT2D eigenvalue weighted by molar-refractivity contribution is 5.75. The average Bonchev–Trinajstić information content (AvgIpc) is 2.54. The predicted octanol–water partition coefficient (Wildman–Crippen LogP) is 1.65. The monoisotopic (exact) mass is 324 g/mol. The molecule has 1 saturated heterocycles. The normalized spacial score (nSPS) is 16.6. The van der Waals surface area contributed by atoms with Crippen molar-refractivity contribution in [2.24, 2.45) is 0 Å². The summed E-state index contributed by atoms with van der Waals surface area (Å²) in [7, 11) is 0. The summed E-state index contributed by atoms with van der Waals surface area (Å²) in [6.45, 7) is 1.63. The number of carbonyl (C=O) groups excluding carboxylic acids is 1. The minimum atomic E-state index is -0.961. The van der Waals surface area contributed by atoms with E-state index in [0.717, 1.165) is 18.4 Å². The van der Waals surface area contributed by atoms with E-state index in [2.05, 4.69) is 10.6 Å². The Labute approximate surface area is 134 Å². The first kappa shape index (κ1) is 17.2. The summed E-state index contributed by atoms with van der Waals surface area (Å²) in [5.74, 6) is -1.26. The minimum absolute atomic E-state index is 0.0772. The van der Waals surface area contributed by atoms with Gasteiger partial charge in [-0.3, -0.25) is 4.79 Å². The second-order valence-corrected chi connectivity index (χ2v) is 5.65. The summed E-state index contributed by atoms with van der Waals surface area (Å²) < 4.78 is 18.5. The largest absolute Gasteiger partial charge is 0.481 e. The lowest BCUT2D eigenvalue weighted by atomic mass is 9.74. The zero-order chi connectivity index (χ0) is 16.7. The van der Waals surface area contributed by atoms with Crippen molar-refractivity contribution >= 4 is 12.0 Å². The Morgan fingerprint density at radius 1 is 1.17 bits per heavy atom. The van der Waals surface area contributed by atoms with Gasteiger partial charge in [-0.1, -0.05) is 12.1 Å². The molecule has 23 heavy (non-hydrogen) atoms. The average molecular weight is 324 g/mol. The molecular formula is C16H21FN2O4. The van der Waals surface area contributed by atoms with Crippen LogP contribution >= 0.6 is 0 Å². The molecule has 3 N–H and O–H groups in total. The van der Waals surface area contributed by atoms with Gasteiger partial charge >= 0.3 is 12.0 Å². The number of halogens is 1. The smallest absolute Gasteiger partial charge is 0.314 e. The lowest BCUT2D eigenvalue weighted by Gasteiger charge is -2.38. The first-order chi connectivity index (χ1) is 11.0. The van der Waals surface area contributed by atoms with Gasteiger partial charge in [-0.2, -0.15) is 0 Å². The molecule has 0 radical (unpaired) electrons. The minimum Gasteiger partial charge on any atom is -0.481 e. The van der Waals surface area contributed by atoms with Crippen molar-refractivity contribution < 1.29 is 23.8 Å². The highest BCUT2D eigenvalue weighted by atomic mass is 19.1. The summed E-state index contributed by atoms with van der Waals surface area (Å²) in [5.41, 5.74) is 0.670. The lowest BCUT2D eigenvalue weighted by molar-refractivity contribution is -0.136. The van der Waals surface area contributed by atoms with Gasteiger partial charge in [0.05, 0.1) is 6.42 Å². The summed E-state index contributed by atoms with van der Waals surface area (Å²) in [4.78, 5) is 22.2. The van der Waals surface area contributed by atoms with Crippen LogP contribution in [0.4, 0.5) is 9.18 Å². The maximum atomic E-state index is 13.1. The third-order valence-corrected chi connectivity index (χ3v) is 4.12. The number of hydrogen-bond donors (Lipinski definition) is 3. The van der Waals surface area contributed by atoms with Crippen LogP contribution in [0, 0.1) is 5.82 Å². The number of aliphatic carboxylic acids is 1. The van der Waals surface area contributed by atoms with E-state index in [4.69, 9.17) is 9.84 Å². The number of carboxylic acid groups (broad SMARTS) is 1. The van der Waals surface area contributed by atoms with Gasteiger partial charge in [0.2, 0.25) is 0 Å². The molecule has 7 heteroatoms. The maximum absolute atomic E-state index is 13.1. The van der Waals surface area contributed by atoms with Gasteiger partial charge in [-0.15, -0.1) is 0 Å². The van der Waals surface area contributed by atoms with Crippen molar-refractivity contribution in [3.05, 3.63) is 35.6 Å². The molecule has 0 aromatic heterocycles. The van der Waals surface area contributed by atoms with Gasteiger partial charge in [0, 0.05) is 31.7 Å². The van der Waals surface area contributed by atoms with Gasteiger partial charge in [-0.05, 0) is 30.5 Å². The van der Waals surface area contributed by atoms with Crippen LogP contribution in [0.15, 0.2) is 24.3 Å². The predicted molar refractivity (Wildman–Crippen MR) is 81.8 cm³/mol. The molecule has 0 spiro atoms. The molecule has 1 aromatic carbocycles. The van der Waals surface area contributed by atoms with Crippen molar-refractivity contribution in [3.8, 4) is 0 Å². The first-order valence-corrected chi connectivity index (χ1v) is 7.59. The topological polar surface area (TPSA) is 87.7 Å². The fourth-order valence-corrected chi connectivity index (χ4v) is 2.73. The standard InChI is InChI=1S/C16H21FN2O4/c17-13-3-1-12(2-4-13)16(6-9-23-10-7-16)11-19-15(22)18-8-5-14(20)21/h1-4H,5-11H2,(H,20,21)(H2,18,19,22). The third kappa shape index (κ3) is 4.92. The number of benzene rings is 1. The number of urea groups is 1. The molecular weight excluding hydrogens is 303 g/mol. The van der Waals surface area contributed by atoms with Crippen molar-refractivity contribution in [1.29, 1.82) is 0 Å². The molecule has 2 amide bonds. The van der Waals surface area contributed by atoms with E-state index in [9.17, 15) is 14.0 Å². The zero-order valence-corrected chi connectivity index (χ0v) is 12.8. The van der Waals surface area contributed by atoms with Crippen LogP contribution in [0.5, 0.6) is 0 Å². The second kappa shape index (κ2) is 7.92. The molecule has 0 bridgehead atoms. The van der Waals surface area contributed by atoms with Crippen molar-refractivity contribution in [2.45, 2.75) is 24.7 Å². The fraction of sp³-hybridized carbons (Fsp3) is 0.500. The molecule has 126 valence electrons. The summed E-state index contributed by atoms with van der Waals surface area (Å²) in [5, 5.41) is 13.9. The molecule has 0 unspecified atom stereocenters. The van der Waals surface area contributed by atoms with E-state index >= 15 is 0 Å². The highest BCUT2D eigenvalue weighted by Crippen LogP contribution is 2.34. The van der Waals surface area contributed by atoms with Crippen LogP contribution in [0.3, 0.4) is 0 Å². The van der Waals surface area contributed by atoms with E-state index in [-0.39, 0.29) is 24.2 Å². The van der Waals surface area contributed by atoms with Crippen LogP contribution in [0.1, 0.15) is 24.8 Å². The molecule has 2 rings (SSSR count). The van der Waals surface area contributed by atoms with E-state index in [1.54, 1.807) is 12.1 Å². The number of nitrogens with one attached hydrogen (secondary N) is 2. The Balaban J connectivity index is 1.97. The Morgan fingerprint density at radius 2 is 1.83 bits per heavy atom. The number of hydrogen-bond acceptors (Lipinski definition) is 3. The Hall–Kier alpha value is -2.15. The van der Waals surface area contributed by atoms with Gasteiger partial charge < -0.3 is 20.5 Å². The molecule has 6 nitrogen and oxygen atoms in total. The van der Waals surface area contributed by atoms with E-state index in [0.29, 0.717) is 19.8 Å². The summed E-state index contributed by atoms with van der Waals surface area (Å²) in [6.07, 6.45) is 1.34. The van der Waals surface area contributed by atoms with Gasteiger partial charge in [0.1, 0.15) is 5.82 Å². The van der Waals surface area contributed by atoms with E-state index < -0.39 is 12.0 Å². The van der Waals surface area contributed by atoms with Crippen LogP contribution < -0.4 is 10.6 Å². The van der Waals surface area contributed by atoms with E-state index in [1.165, 1.54) is 12.1 Å². The first-order valence-electron chi connectivity index (χ1n) is 7.59. The molecule has 0 aliphatic carbocycles. The molecule has 0 saturated carbocycles. The van der Waals surface area contributed by atoms with Crippen molar-refractivity contribution in [1.82, 2.24) is 10.6 Å².